The van der Waals surface area contributed by atoms with Crippen LogP contribution in [-0.2, 0) is 25.6 Å². The Balaban J connectivity index is 0.987. The predicted molar refractivity (Wildman–Crippen MR) is 218 cm³/mol. The van der Waals surface area contributed by atoms with Crippen LogP contribution in [0.4, 0.5) is 11.4 Å². The summed E-state index contributed by atoms with van der Waals surface area (Å²) in [7, 11) is 7.48. The van der Waals surface area contributed by atoms with E-state index in [0.29, 0.717) is 55.7 Å². The van der Waals surface area contributed by atoms with Gasteiger partial charge in [-0.2, -0.15) is 0 Å². The molecule has 4 aromatic rings. The van der Waals surface area contributed by atoms with Crippen LogP contribution in [0, 0.1) is 0 Å². The average Bonchev–Trinajstić information content (AvgIpc) is 3.90. The van der Waals surface area contributed by atoms with Gasteiger partial charge in [-0.05, 0) is 113 Å². The zero-order valence-electron chi connectivity index (χ0n) is 32.7. The molecule has 4 amide bonds. The molecule has 2 fully saturated rings. The van der Waals surface area contributed by atoms with Crippen molar-refractivity contribution in [1.29, 1.82) is 0 Å². The number of Topliss-reactive ketones (excluding diaryl/α,β-unsaturated/α-hetero) is 1. The molecule has 0 spiro atoms. The van der Waals surface area contributed by atoms with Gasteiger partial charge in [0.15, 0.2) is 5.78 Å². The first-order valence-electron chi connectivity index (χ1n) is 19.4. The molecule has 0 saturated carbocycles. The molecule has 11 nitrogen and oxygen atoms in total. The van der Waals surface area contributed by atoms with Crippen molar-refractivity contribution in [3.05, 3.63) is 131 Å². The van der Waals surface area contributed by atoms with Crippen molar-refractivity contribution in [3.8, 4) is 0 Å². The van der Waals surface area contributed by atoms with Crippen molar-refractivity contribution in [2.24, 2.45) is 0 Å². The van der Waals surface area contributed by atoms with Crippen LogP contribution in [0.5, 0.6) is 0 Å². The first kappa shape index (κ1) is 40.0. The largest absolute Gasteiger partial charge is 0.329 e. The Bertz CT molecular complexity index is 1990. The van der Waals surface area contributed by atoms with E-state index in [1.54, 1.807) is 34.1 Å². The van der Waals surface area contributed by atoms with Crippen molar-refractivity contribution < 1.29 is 24.0 Å². The lowest BCUT2D eigenvalue weighted by Crippen LogP contribution is -2.47. The zero-order valence-corrected chi connectivity index (χ0v) is 32.7. The number of carbonyl (C=O) groups is 5. The van der Waals surface area contributed by atoms with E-state index in [4.69, 9.17) is 0 Å². The second kappa shape index (κ2) is 18.3. The molecule has 292 valence electrons. The van der Waals surface area contributed by atoms with Crippen LogP contribution < -0.4 is 10.6 Å². The molecule has 4 atom stereocenters. The number of anilines is 2. The van der Waals surface area contributed by atoms with Gasteiger partial charge in [-0.3, -0.25) is 33.8 Å². The Morgan fingerprint density at radius 3 is 1.41 bits per heavy atom. The summed E-state index contributed by atoms with van der Waals surface area (Å²) in [6.45, 7) is 1.06. The van der Waals surface area contributed by atoms with Gasteiger partial charge in [0, 0.05) is 36.4 Å². The number of hydrogen-bond donors (Lipinski definition) is 2. The van der Waals surface area contributed by atoms with E-state index in [0.717, 1.165) is 29.5 Å². The van der Waals surface area contributed by atoms with Crippen molar-refractivity contribution in [2.75, 3.05) is 51.9 Å². The van der Waals surface area contributed by atoms with Crippen LogP contribution >= 0.6 is 0 Å². The minimum absolute atomic E-state index is 0.0269. The van der Waals surface area contributed by atoms with E-state index in [1.165, 1.54) is 0 Å². The van der Waals surface area contributed by atoms with Crippen molar-refractivity contribution >= 4 is 40.8 Å². The molecule has 2 aliphatic rings. The molecule has 0 aliphatic carbocycles. The van der Waals surface area contributed by atoms with E-state index >= 15 is 0 Å². The van der Waals surface area contributed by atoms with E-state index in [1.807, 2.05) is 123 Å². The smallest absolute Gasteiger partial charge is 0.247 e. The normalized spacial score (nSPS) is 17.8. The van der Waals surface area contributed by atoms with E-state index in [-0.39, 0.29) is 29.4 Å². The highest BCUT2D eigenvalue weighted by atomic mass is 16.2. The Kier molecular flexibility index (Phi) is 13.1. The van der Waals surface area contributed by atoms with Gasteiger partial charge >= 0.3 is 0 Å². The highest BCUT2D eigenvalue weighted by Crippen LogP contribution is 2.29. The Morgan fingerprint density at radius 2 is 1.00 bits per heavy atom. The van der Waals surface area contributed by atoms with Crippen LogP contribution in [0.15, 0.2) is 109 Å². The quantitative estimate of drug-likeness (QED) is 0.152. The maximum atomic E-state index is 13.7. The maximum Gasteiger partial charge on any atom is 0.247 e. The third-order valence-electron chi connectivity index (χ3n) is 10.7. The van der Waals surface area contributed by atoms with Crippen LogP contribution in [0.3, 0.4) is 0 Å². The Morgan fingerprint density at radius 1 is 0.589 bits per heavy atom. The molecule has 4 aromatic carbocycles. The number of carbonyl (C=O) groups excluding carboxylic acids is 5. The second-order valence-electron chi connectivity index (χ2n) is 15.1. The predicted octanol–water partition coefficient (Wildman–Crippen LogP) is 5.97. The zero-order chi connectivity index (χ0) is 39.8. The number of rotatable bonds is 14. The van der Waals surface area contributed by atoms with Crippen LogP contribution in [0.25, 0.3) is 0 Å². The van der Waals surface area contributed by atoms with Gasteiger partial charge in [0.2, 0.25) is 23.6 Å². The first-order valence-corrected chi connectivity index (χ1v) is 19.4. The molecule has 2 saturated heterocycles. The molecular weight excluding hydrogens is 705 g/mol. The number of nitrogens with zero attached hydrogens (tertiary/aromatic N) is 4. The van der Waals surface area contributed by atoms with Crippen LogP contribution in [0.2, 0.25) is 0 Å². The number of aryl methyl sites for hydroxylation is 1. The molecule has 2 N–H and O–H groups in total. The fourth-order valence-corrected chi connectivity index (χ4v) is 7.86. The summed E-state index contributed by atoms with van der Waals surface area (Å²) in [6.07, 6.45) is 3.51. The summed E-state index contributed by atoms with van der Waals surface area (Å²) in [5.41, 5.74) is 4.47. The van der Waals surface area contributed by atoms with Crippen molar-refractivity contribution in [2.45, 2.75) is 62.7 Å². The van der Waals surface area contributed by atoms with Gasteiger partial charge in [0.05, 0.1) is 0 Å². The van der Waals surface area contributed by atoms with Gasteiger partial charge < -0.3 is 20.4 Å². The maximum absolute atomic E-state index is 13.7. The molecule has 2 aliphatic heterocycles. The summed E-state index contributed by atoms with van der Waals surface area (Å²) < 4.78 is 0. The molecule has 56 heavy (non-hydrogen) atoms. The summed E-state index contributed by atoms with van der Waals surface area (Å²) in [5.74, 6) is -0.656. The van der Waals surface area contributed by atoms with Crippen molar-refractivity contribution in [1.82, 2.24) is 19.6 Å². The summed E-state index contributed by atoms with van der Waals surface area (Å²) in [6, 6.07) is 31.4. The summed E-state index contributed by atoms with van der Waals surface area (Å²) >= 11 is 0. The standard InChI is InChI=1S/C45H52N6O5/c1-48(2)40(33-13-7-5-8-14-33)44(55)50-29-11-17-37(50)42(53)46-35-24-19-31(20-25-35)21-28-39(52)32-22-26-36(27-23-32)47-43(54)38-18-12-30-51(38)45(56)41(49(3)4)34-15-9-6-10-16-34/h5-10,13-16,19-20,22-27,37-38,40-41H,11-12,17-18,21,28-30H2,1-4H3,(H,46,53)(H,47,54)/t37-,38-,40+,41+/m0/s1. The van der Waals surface area contributed by atoms with E-state index < -0.39 is 24.2 Å². The SMILES string of the molecule is CN(C)[C@@H](C(=O)N1CCC[C@H]1C(=O)Nc1ccc(CCC(=O)c2ccc(NC(=O)[C@@H]3CCCN3C(=O)[C@@H](c3ccccc3)N(C)C)cc2)cc1)c1ccccc1. The minimum Gasteiger partial charge on any atom is -0.329 e. The molecule has 0 bridgehead atoms. The van der Waals surface area contributed by atoms with Gasteiger partial charge in [-0.1, -0.05) is 72.8 Å². The molecule has 11 heteroatoms. The topological polar surface area (TPSA) is 122 Å². The average molecular weight is 757 g/mol. The number of likely N-dealkylation sites (tertiary alicyclic amines) is 2. The monoisotopic (exact) mass is 756 g/mol. The van der Waals surface area contributed by atoms with E-state index in [2.05, 4.69) is 10.6 Å². The molecule has 6 rings (SSSR count). The number of amides is 4. The molecule has 0 aromatic heterocycles. The Labute approximate surface area is 329 Å². The van der Waals surface area contributed by atoms with Gasteiger partial charge in [-0.25, -0.2) is 0 Å². The highest BCUT2D eigenvalue weighted by molar-refractivity contribution is 6.00. The fraction of sp³-hybridized carbons (Fsp3) is 0.356. The number of nitrogens with one attached hydrogen (secondary N) is 2. The first-order chi connectivity index (χ1) is 27.0. The molecule has 2 heterocycles. The summed E-state index contributed by atoms with van der Waals surface area (Å²) in [5, 5.41) is 5.94. The molecule has 0 unspecified atom stereocenters. The number of likely N-dealkylation sites (N-methyl/N-ethyl adjacent to an activating group) is 2. The lowest BCUT2D eigenvalue weighted by atomic mass is 10.0. The van der Waals surface area contributed by atoms with Crippen LogP contribution in [-0.4, -0.2) is 102 Å². The van der Waals surface area contributed by atoms with Crippen LogP contribution in [0.1, 0.15) is 71.2 Å². The van der Waals surface area contributed by atoms with Gasteiger partial charge in [0.25, 0.3) is 0 Å². The number of ketones is 1. The highest BCUT2D eigenvalue weighted by Gasteiger charge is 2.40. The number of benzene rings is 4. The summed E-state index contributed by atoms with van der Waals surface area (Å²) in [4.78, 5) is 74.4. The third-order valence-corrected chi connectivity index (χ3v) is 10.7. The Hall–Kier alpha value is -5.65. The van der Waals surface area contributed by atoms with E-state index in [9.17, 15) is 24.0 Å². The molecular formula is C45H52N6O5. The minimum atomic E-state index is -0.572. The van der Waals surface area contributed by atoms with Crippen molar-refractivity contribution in [3.63, 3.8) is 0 Å². The lowest BCUT2D eigenvalue weighted by Gasteiger charge is -2.31. The molecule has 0 radical (unpaired) electrons. The lowest BCUT2D eigenvalue weighted by molar-refractivity contribution is -0.141. The number of hydrogen-bond acceptors (Lipinski definition) is 7. The fourth-order valence-electron chi connectivity index (χ4n) is 7.86. The third kappa shape index (κ3) is 9.41. The second-order valence-corrected chi connectivity index (χ2v) is 15.1. The van der Waals surface area contributed by atoms with Gasteiger partial charge in [-0.15, -0.1) is 0 Å². The van der Waals surface area contributed by atoms with Gasteiger partial charge in [0.1, 0.15) is 24.2 Å².